The van der Waals surface area contributed by atoms with Crippen LogP contribution in [0.4, 0.5) is 17.3 Å². The molecule has 0 aromatic carbocycles. The molecule has 10 heteroatoms. The number of unbranched alkanes of at least 4 members (excludes halogenated alkanes) is 1. The van der Waals surface area contributed by atoms with E-state index >= 15 is 0 Å². The normalized spacial score (nSPS) is 30.5. The van der Waals surface area contributed by atoms with Gasteiger partial charge in [-0.3, -0.25) is 14.5 Å². The summed E-state index contributed by atoms with van der Waals surface area (Å²) in [6.45, 7) is 4.67. The summed E-state index contributed by atoms with van der Waals surface area (Å²) in [5, 5.41) is 0. The first kappa shape index (κ1) is 21.1. The Hall–Kier alpha value is -1.16. The number of carbonyl (C=O) groups is 2. The van der Waals surface area contributed by atoms with E-state index in [9.17, 15) is 26.9 Å². The fraction of sp³-hybridized carbons (Fsp3) is 0.875. The zero-order chi connectivity index (χ0) is 19.7. The number of imide groups is 1. The van der Waals surface area contributed by atoms with E-state index in [1.807, 2.05) is 0 Å². The van der Waals surface area contributed by atoms with Gasteiger partial charge in [0, 0.05) is 0 Å². The van der Waals surface area contributed by atoms with Crippen molar-refractivity contribution in [2.75, 3.05) is 33.7 Å². The van der Waals surface area contributed by atoms with Gasteiger partial charge in [-0.15, -0.1) is 0 Å². The zero-order valence-electron chi connectivity index (χ0n) is 15.5. The zero-order valence-corrected chi connectivity index (χ0v) is 15.5. The van der Waals surface area contributed by atoms with Crippen LogP contribution >= 0.6 is 0 Å². The first-order valence-corrected chi connectivity index (χ1v) is 9.14. The third kappa shape index (κ3) is 4.97. The number of likely N-dealkylation sites (N-methyl/N-ethyl adjacent to an activating group) is 1. The number of fused-ring (bicyclic) bond motifs is 5. The summed E-state index contributed by atoms with van der Waals surface area (Å²) < 4.78 is 45.6. The lowest BCUT2D eigenvalue weighted by atomic mass is 9.81. The molecule has 0 aliphatic carbocycles. The Bertz CT molecular complexity index is 510. The summed E-state index contributed by atoms with van der Waals surface area (Å²) in [6.07, 6.45) is 4.24. The van der Waals surface area contributed by atoms with Crippen LogP contribution < -0.4 is 0 Å². The molecule has 2 amide bonds. The molecule has 0 N–H and O–H groups in total. The fourth-order valence-electron chi connectivity index (χ4n) is 4.06. The van der Waals surface area contributed by atoms with E-state index in [0.29, 0.717) is 6.54 Å². The topological polar surface area (TPSA) is 46.6 Å². The second-order valence-corrected chi connectivity index (χ2v) is 7.90. The molecule has 3 fully saturated rings. The number of halogens is 4. The van der Waals surface area contributed by atoms with Gasteiger partial charge < -0.3 is 26.5 Å². The number of hydrogen-bond acceptors (Lipinski definition) is 3. The van der Waals surface area contributed by atoms with E-state index in [1.54, 1.807) is 0 Å². The second-order valence-electron chi connectivity index (χ2n) is 7.90. The molecular formula is C16H27BF4N2O3. The summed E-state index contributed by atoms with van der Waals surface area (Å²) in [7, 11) is -1.65. The van der Waals surface area contributed by atoms with Crippen molar-refractivity contribution >= 4 is 19.1 Å². The fourth-order valence-corrected chi connectivity index (χ4v) is 4.06. The molecule has 3 rings (SSSR count). The van der Waals surface area contributed by atoms with Crippen molar-refractivity contribution in [3.05, 3.63) is 0 Å². The number of amides is 2. The van der Waals surface area contributed by atoms with E-state index < -0.39 is 7.25 Å². The third-order valence-electron chi connectivity index (χ3n) is 5.42. The Labute approximate surface area is 151 Å². The van der Waals surface area contributed by atoms with Crippen molar-refractivity contribution in [1.82, 2.24) is 4.90 Å². The van der Waals surface area contributed by atoms with Gasteiger partial charge in [0.2, 0.25) is 11.8 Å². The minimum atomic E-state index is -6.00. The minimum absolute atomic E-state index is 0.00374. The Morgan fingerprint density at radius 3 is 1.92 bits per heavy atom. The third-order valence-corrected chi connectivity index (χ3v) is 5.42. The van der Waals surface area contributed by atoms with Crippen LogP contribution in [-0.2, 0) is 14.3 Å². The summed E-state index contributed by atoms with van der Waals surface area (Å²) in [5.74, 6) is -0.314. The smallest absolute Gasteiger partial charge is 0.418 e. The summed E-state index contributed by atoms with van der Waals surface area (Å²) >= 11 is 0. The van der Waals surface area contributed by atoms with Crippen LogP contribution in [0.15, 0.2) is 0 Å². The lowest BCUT2D eigenvalue weighted by Crippen LogP contribution is -2.47. The largest absolute Gasteiger partial charge is 0.673 e. The van der Waals surface area contributed by atoms with Gasteiger partial charge in [0.15, 0.2) is 0 Å². The molecule has 4 atom stereocenters. The monoisotopic (exact) mass is 382 g/mol. The number of hydrogen-bond donors (Lipinski definition) is 0. The van der Waals surface area contributed by atoms with E-state index in [0.717, 1.165) is 30.4 Å². The molecular weight excluding hydrogens is 355 g/mol. The van der Waals surface area contributed by atoms with Crippen molar-refractivity contribution in [3.8, 4) is 0 Å². The number of carbonyl (C=O) groups excluding carboxylic acids is 2. The molecule has 0 spiro atoms. The van der Waals surface area contributed by atoms with Gasteiger partial charge in [-0.2, -0.15) is 0 Å². The van der Waals surface area contributed by atoms with Gasteiger partial charge in [0.05, 0.1) is 57.8 Å². The number of ether oxygens (including phenoxy) is 1. The Balaban J connectivity index is 0.000000431. The first-order valence-electron chi connectivity index (χ1n) is 9.14. The van der Waals surface area contributed by atoms with Crippen molar-refractivity contribution in [1.29, 1.82) is 0 Å². The maximum absolute atomic E-state index is 12.5. The van der Waals surface area contributed by atoms with Crippen molar-refractivity contribution in [2.24, 2.45) is 11.8 Å². The predicted molar refractivity (Wildman–Crippen MR) is 88.5 cm³/mol. The molecule has 0 radical (unpaired) electrons. The van der Waals surface area contributed by atoms with Gasteiger partial charge in [-0.25, -0.2) is 0 Å². The molecule has 3 saturated heterocycles. The minimum Gasteiger partial charge on any atom is -0.418 e. The molecule has 0 unspecified atom stereocenters. The van der Waals surface area contributed by atoms with Crippen LogP contribution in [0.3, 0.4) is 0 Å². The highest BCUT2D eigenvalue weighted by atomic mass is 19.5. The number of quaternary nitrogens is 1. The van der Waals surface area contributed by atoms with E-state index in [2.05, 4.69) is 21.0 Å². The predicted octanol–water partition coefficient (Wildman–Crippen LogP) is 2.33. The van der Waals surface area contributed by atoms with Gasteiger partial charge in [0.25, 0.3) is 0 Å². The number of likely N-dealkylation sites (tertiary alicyclic amines) is 1. The highest BCUT2D eigenvalue weighted by Crippen LogP contribution is 2.48. The van der Waals surface area contributed by atoms with Crippen molar-refractivity contribution in [3.63, 3.8) is 0 Å². The van der Waals surface area contributed by atoms with Gasteiger partial charge in [0.1, 0.15) is 0 Å². The Morgan fingerprint density at radius 2 is 1.50 bits per heavy atom. The van der Waals surface area contributed by atoms with Crippen LogP contribution in [0.1, 0.15) is 32.6 Å². The molecule has 0 aromatic heterocycles. The highest BCUT2D eigenvalue weighted by molar-refractivity contribution is 6.50. The molecule has 3 aliphatic heterocycles. The average molecular weight is 382 g/mol. The maximum atomic E-state index is 12.5. The van der Waals surface area contributed by atoms with Crippen LogP contribution in [0.5, 0.6) is 0 Å². The highest BCUT2D eigenvalue weighted by Gasteiger charge is 2.62. The van der Waals surface area contributed by atoms with Crippen LogP contribution in [0.2, 0.25) is 0 Å². The summed E-state index contributed by atoms with van der Waals surface area (Å²) in [6, 6.07) is 0. The van der Waals surface area contributed by atoms with E-state index in [-0.39, 0.29) is 35.9 Å². The molecule has 26 heavy (non-hydrogen) atoms. The molecule has 150 valence electrons. The lowest BCUT2D eigenvalue weighted by molar-refractivity contribution is -0.889. The van der Waals surface area contributed by atoms with Gasteiger partial charge >= 0.3 is 7.25 Å². The van der Waals surface area contributed by atoms with Crippen LogP contribution in [0, 0.1) is 11.8 Å². The summed E-state index contributed by atoms with van der Waals surface area (Å²) in [4.78, 5) is 26.6. The van der Waals surface area contributed by atoms with Crippen molar-refractivity contribution < 1.29 is 36.1 Å². The first-order chi connectivity index (χ1) is 11.9. The van der Waals surface area contributed by atoms with Crippen molar-refractivity contribution in [2.45, 2.75) is 44.8 Å². The maximum Gasteiger partial charge on any atom is 0.673 e. The number of nitrogens with zero attached hydrogens (tertiary/aromatic N) is 2. The Morgan fingerprint density at radius 1 is 1.04 bits per heavy atom. The van der Waals surface area contributed by atoms with E-state index in [4.69, 9.17) is 4.74 Å². The van der Waals surface area contributed by atoms with Crippen LogP contribution in [-0.4, -0.2) is 74.4 Å². The van der Waals surface area contributed by atoms with Gasteiger partial charge in [-0.05, 0) is 19.3 Å². The molecule has 3 aliphatic rings. The molecule has 0 aromatic rings. The lowest BCUT2D eigenvalue weighted by Gasteiger charge is -2.31. The second kappa shape index (κ2) is 7.84. The average Bonchev–Trinajstić information content (AvgIpc) is 3.17. The van der Waals surface area contributed by atoms with E-state index in [1.165, 1.54) is 17.7 Å². The standard InChI is InChI=1S/C16H27N2O3.BF4/c1-4-5-9-18(2,3)10-8-17-15(19)13-11-6-7-12(21-11)14(13)16(17)20;2-1(3,4)5/h11-14H,4-10H2,1-3H3;/q+1;-1/t11-,12+,13-,14+;. The Kier molecular flexibility index (Phi) is 6.38. The SMILES string of the molecule is CCCC[N+](C)(C)CCN1C(=O)[C@@H]2[C@H](C1=O)[C@H]1CC[C@@H]2O1.F[B-](F)(F)F. The molecule has 5 nitrogen and oxygen atoms in total. The summed E-state index contributed by atoms with van der Waals surface area (Å²) in [5.41, 5.74) is 0. The van der Waals surface area contributed by atoms with Gasteiger partial charge in [-0.1, -0.05) is 13.3 Å². The quantitative estimate of drug-likeness (QED) is 0.307. The molecule has 2 bridgehead atoms. The molecule has 0 saturated carbocycles. The number of rotatable bonds is 6. The van der Waals surface area contributed by atoms with Crippen LogP contribution in [0.25, 0.3) is 0 Å². The molecule has 3 heterocycles.